The quantitative estimate of drug-likeness (QED) is 0.352. The van der Waals surface area contributed by atoms with E-state index in [-0.39, 0.29) is 5.69 Å². The number of halogens is 1. The molecule has 0 saturated heterocycles. The molecule has 0 amide bonds. The fraction of sp³-hybridized carbons (Fsp3) is 0. The van der Waals surface area contributed by atoms with Gasteiger partial charge in [-0.3, -0.25) is 10.1 Å². The molecule has 132 valence electrons. The van der Waals surface area contributed by atoms with Gasteiger partial charge in [-0.1, -0.05) is 66.2 Å². The largest absolute Gasteiger partial charge is 0.337 e. The molecule has 0 bridgehead atoms. The van der Waals surface area contributed by atoms with Crippen LogP contribution in [0.1, 0.15) is 0 Å². The highest BCUT2D eigenvalue weighted by atomic mass is 35.5. The van der Waals surface area contributed by atoms with E-state index in [4.69, 9.17) is 16.6 Å². The first-order valence-corrected chi connectivity index (χ1v) is 8.66. The molecule has 1 aromatic heterocycles. The molecule has 1 heterocycles. The van der Waals surface area contributed by atoms with E-state index in [1.807, 2.05) is 54.6 Å². The van der Waals surface area contributed by atoms with Crippen LogP contribution in [0, 0.1) is 10.1 Å². The Kier molecular flexibility index (Phi) is 4.44. The van der Waals surface area contributed by atoms with E-state index in [0.717, 1.165) is 22.5 Å². The Morgan fingerprint density at radius 2 is 1.56 bits per heavy atom. The highest BCUT2D eigenvalue weighted by Crippen LogP contribution is 2.34. The van der Waals surface area contributed by atoms with Crippen LogP contribution in [0.5, 0.6) is 0 Å². The molecule has 0 unspecified atom stereocenters. The lowest BCUT2D eigenvalue weighted by Crippen LogP contribution is -1.88. The van der Waals surface area contributed by atoms with Crippen molar-refractivity contribution in [2.24, 2.45) is 0 Å². The molecular formula is C21H14ClN3O2. The van der Waals surface area contributed by atoms with E-state index >= 15 is 0 Å². The summed E-state index contributed by atoms with van der Waals surface area (Å²) in [4.78, 5) is 18.7. The molecule has 0 fully saturated rings. The molecule has 0 atom stereocenters. The molecule has 0 radical (unpaired) electrons. The number of nitro groups is 1. The Hall–Kier alpha value is -3.44. The van der Waals surface area contributed by atoms with Crippen molar-refractivity contribution in [2.75, 3.05) is 0 Å². The molecule has 0 aliphatic rings. The molecule has 0 saturated carbocycles. The Morgan fingerprint density at radius 3 is 2.26 bits per heavy atom. The van der Waals surface area contributed by atoms with Crippen molar-refractivity contribution in [2.45, 2.75) is 0 Å². The number of rotatable bonds is 4. The maximum absolute atomic E-state index is 11.1. The number of nitrogens with zero attached hydrogens (tertiary/aromatic N) is 2. The van der Waals surface area contributed by atoms with Crippen molar-refractivity contribution in [1.82, 2.24) is 9.97 Å². The number of hydrogen-bond acceptors (Lipinski definition) is 3. The molecule has 4 aromatic rings. The Morgan fingerprint density at radius 1 is 0.852 bits per heavy atom. The van der Waals surface area contributed by atoms with Crippen LogP contribution in [0.2, 0.25) is 5.02 Å². The topological polar surface area (TPSA) is 71.8 Å². The monoisotopic (exact) mass is 375 g/mol. The summed E-state index contributed by atoms with van der Waals surface area (Å²) in [6.07, 6.45) is 0. The second kappa shape index (κ2) is 7.05. The van der Waals surface area contributed by atoms with Crippen LogP contribution in [0.3, 0.4) is 0 Å². The van der Waals surface area contributed by atoms with Crippen LogP contribution >= 0.6 is 11.6 Å². The van der Waals surface area contributed by atoms with Crippen LogP contribution < -0.4 is 0 Å². The van der Waals surface area contributed by atoms with Crippen LogP contribution in [-0.2, 0) is 0 Å². The number of hydrogen-bond donors (Lipinski definition) is 1. The molecule has 0 spiro atoms. The molecule has 0 aliphatic heterocycles. The van der Waals surface area contributed by atoms with E-state index in [1.54, 1.807) is 12.1 Å². The number of aromatic nitrogens is 2. The van der Waals surface area contributed by atoms with E-state index in [0.29, 0.717) is 16.4 Å². The van der Waals surface area contributed by atoms with E-state index in [9.17, 15) is 10.1 Å². The van der Waals surface area contributed by atoms with E-state index < -0.39 is 4.92 Å². The van der Waals surface area contributed by atoms with Crippen molar-refractivity contribution in [1.29, 1.82) is 0 Å². The predicted molar refractivity (Wildman–Crippen MR) is 107 cm³/mol. The van der Waals surface area contributed by atoms with Crippen LogP contribution in [0.15, 0.2) is 78.9 Å². The van der Waals surface area contributed by atoms with Gasteiger partial charge in [0.25, 0.3) is 5.69 Å². The smallest absolute Gasteiger partial charge is 0.270 e. The van der Waals surface area contributed by atoms with Crippen LogP contribution in [-0.4, -0.2) is 14.9 Å². The number of imidazole rings is 1. The van der Waals surface area contributed by atoms with E-state index in [1.165, 1.54) is 12.1 Å². The Balaban J connectivity index is 1.89. The normalized spacial score (nSPS) is 10.7. The Bertz CT molecular complexity index is 1110. The highest BCUT2D eigenvalue weighted by molar-refractivity contribution is 6.30. The summed E-state index contributed by atoms with van der Waals surface area (Å²) in [5.74, 6) is 0.572. The number of nitrogens with one attached hydrogen (secondary N) is 1. The number of non-ortho nitro benzene ring substituents is 1. The van der Waals surface area contributed by atoms with Crippen molar-refractivity contribution < 1.29 is 4.92 Å². The lowest BCUT2D eigenvalue weighted by Gasteiger charge is -2.03. The van der Waals surface area contributed by atoms with Gasteiger partial charge >= 0.3 is 0 Å². The van der Waals surface area contributed by atoms with Gasteiger partial charge in [-0.2, -0.15) is 0 Å². The van der Waals surface area contributed by atoms with Crippen molar-refractivity contribution in [3.8, 4) is 33.9 Å². The lowest BCUT2D eigenvalue weighted by atomic mass is 10.1. The molecule has 6 heteroatoms. The lowest BCUT2D eigenvalue weighted by molar-refractivity contribution is -0.384. The van der Waals surface area contributed by atoms with Gasteiger partial charge in [-0.05, 0) is 12.1 Å². The number of aromatic amines is 1. The molecular weight excluding hydrogens is 362 g/mol. The third-order valence-electron chi connectivity index (χ3n) is 4.21. The summed E-state index contributed by atoms with van der Waals surface area (Å²) in [5.41, 5.74) is 4.18. The average molecular weight is 376 g/mol. The predicted octanol–water partition coefficient (Wildman–Crippen LogP) is 5.97. The minimum absolute atomic E-state index is 0.0261. The summed E-state index contributed by atoms with van der Waals surface area (Å²) >= 11 is 6.01. The van der Waals surface area contributed by atoms with Gasteiger partial charge in [0.1, 0.15) is 5.82 Å². The maximum Gasteiger partial charge on any atom is 0.270 e. The van der Waals surface area contributed by atoms with E-state index in [2.05, 4.69) is 4.98 Å². The molecule has 27 heavy (non-hydrogen) atoms. The van der Waals surface area contributed by atoms with Gasteiger partial charge in [0.05, 0.1) is 16.3 Å². The zero-order chi connectivity index (χ0) is 18.8. The van der Waals surface area contributed by atoms with Crippen LogP contribution in [0.4, 0.5) is 5.69 Å². The fourth-order valence-corrected chi connectivity index (χ4v) is 3.03. The van der Waals surface area contributed by atoms with Gasteiger partial charge in [0.2, 0.25) is 0 Å². The van der Waals surface area contributed by atoms with Gasteiger partial charge in [0, 0.05) is 33.8 Å². The number of H-pyrrole nitrogens is 1. The zero-order valence-electron chi connectivity index (χ0n) is 14.1. The summed E-state index contributed by atoms with van der Waals surface area (Å²) in [7, 11) is 0. The second-order valence-corrected chi connectivity index (χ2v) is 6.43. The average Bonchev–Trinajstić information content (AvgIpc) is 3.15. The summed E-state index contributed by atoms with van der Waals surface area (Å²) in [5, 5.41) is 11.7. The molecule has 4 rings (SSSR count). The molecule has 5 nitrogen and oxygen atoms in total. The van der Waals surface area contributed by atoms with Gasteiger partial charge in [0.15, 0.2) is 0 Å². The first-order valence-electron chi connectivity index (χ1n) is 8.28. The van der Waals surface area contributed by atoms with Crippen molar-refractivity contribution in [3.05, 3.63) is 94.0 Å². The number of nitro benzene ring substituents is 1. The minimum atomic E-state index is -0.412. The molecule has 1 N–H and O–H groups in total. The first-order chi connectivity index (χ1) is 13.1. The minimum Gasteiger partial charge on any atom is -0.337 e. The molecule has 3 aromatic carbocycles. The van der Waals surface area contributed by atoms with Gasteiger partial charge in [-0.25, -0.2) is 4.98 Å². The van der Waals surface area contributed by atoms with Crippen molar-refractivity contribution in [3.63, 3.8) is 0 Å². The SMILES string of the molecule is O=[N+]([O-])c1cccc(-c2nc(-c3ccccc3)c(-c3ccc(Cl)cc3)[nH]2)c1. The summed E-state index contributed by atoms with van der Waals surface area (Å²) < 4.78 is 0. The standard InChI is InChI=1S/C21H14ClN3O2/c22-17-11-9-15(10-12-17)20-19(14-5-2-1-3-6-14)23-21(24-20)16-7-4-8-18(13-16)25(26)27/h1-13H,(H,23,24). The molecule has 0 aliphatic carbocycles. The summed E-state index contributed by atoms with van der Waals surface area (Å²) in [6.45, 7) is 0. The number of benzene rings is 3. The van der Waals surface area contributed by atoms with Gasteiger partial charge < -0.3 is 4.98 Å². The van der Waals surface area contributed by atoms with Crippen LogP contribution in [0.25, 0.3) is 33.9 Å². The third-order valence-corrected chi connectivity index (χ3v) is 4.47. The fourth-order valence-electron chi connectivity index (χ4n) is 2.91. The van der Waals surface area contributed by atoms with Crippen molar-refractivity contribution >= 4 is 17.3 Å². The summed E-state index contributed by atoms with van der Waals surface area (Å²) in [6, 6.07) is 23.7. The second-order valence-electron chi connectivity index (χ2n) is 5.99. The first kappa shape index (κ1) is 17.0. The zero-order valence-corrected chi connectivity index (χ0v) is 14.9. The Labute approximate surface area is 160 Å². The van der Waals surface area contributed by atoms with Gasteiger partial charge in [-0.15, -0.1) is 0 Å². The maximum atomic E-state index is 11.1. The highest BCUT2D eigenvalue weighted by Gasteiger charge is 2.16. The third kappa shape index (κ3) is 3.45.